The van der Waals surface area contributed by atoms with Gasteiger partial charge in [0, 0.05) is 18.6 Å². The summed E-state index contributed by atoms with van der Waals surface area (Å²) < 4.78 is 3.33. The Morgan fingerprint density at radius 1 is 1.33 bits per heavy atom. The lowest BCUT2D eigenvalue weighted by molar-refractivity contribution is -0.685. The molecule has 0 unspecified atom stereocenters. The number of rotatable bonds is 4. The van der Waals surface area contributed by atoms with Crippen molar-refractivity contribution in [2.24, 2.45) is 7.05 Å². The van der Waals surface area contributed by atoms with Crippen molar-refractivity contribution in [1.82, 2.24) is 0 Å². The summed E-state index contributed by atoms with van der Waals surface area (Å²) in [6.45, 7) is 0. The van der Waals surface area contributed by atoms with Crippen LogP contribution in [0.4, 0.5) is 0 Å². The standard InChI is InChI=1S/C10H11NS4/c1-11-7(5-9(12)13)3-2-4-8(11)6-10(14)15/h2-4H,5-6H2,1H3,(H-,12,13,14,15). The average Bonchev–Trinajstić information content (AvgIpc) is 2.10. The van der Waals surface area contributed by atoms with Crippen LogP contribution < -0.4 is 4.57 Å². The van der Waals surface area contributed by atoms with Gasteiger partial charge in [-0.3, -0.25) is 0 Å². The fraction of sp³-hybridized carbons (Fsp3) is 0.300. The lowest BCUT2D eigenvalue weighted by atomic mass is 10.2. The quantitative estimate of drug-likeness (QED) is 0.386. The van der Waals surface area contributed by atoms with Crippen molar-refractivity contribution in [3.63, 3.8) is 0 Å². The van der Waals surface area contributed by atoms with Gasteiger partial charge in [0.2, 0.25) is 0 Å². The van der Waals surface area contributed by atoms with Crippen LogP contribution in [0.1, 0.15) is 11.4 Å². The van der Waals surface area contributed by atoms with Crippen molar-refractivity contribution >= 4 is 58.1 Å². The number of thiocarbonyl (C=S) groups is 2. The molecular weight excluding hydrogens is 262 g/mol. The monoisotopic (exact) mass is 273 g/mol. The largest absolute Gasteiger partial charge is 0.432 e. The van der Waals surface area contributed by atoms with Gasteiger partial charge in [-0.15, -0.1) is 16.8 Å². The highest BCUT2D eigenvalue weighted by Gasteiger charge is 2.11. The zero-order valence-electron chi connectivity index (χ0n) is 8.27. The second-order valence-electron chi connectivity index (χ2n) is 3.19. The van der Waals surface area contributed by atoms with Crippen LogP contribution in [0.3, 0.4) is 0 Å². The Morgan fingerprint density at radius 3 is 2.33 bits per heavy atom. The molecule has 0 amide bonds. The summed E-state index contributed by atoms with van der Waals surface area (Å²) in [5.41, 5.74) is 2.23. The van der Waals surface area contributed by atoms with E-state index < -0.39 is 0 Å². The van der Waals surface area contributed by atoms with Gasteiger partial charge in [0.25, 0.3) is 0 Å². The van der Waals surface area contributed by atoms with E-state index in [1.165, 1.54) is 0 Å². The average molecular weight is 273 g/mol. The Bertz CT molecular complexity index is 366. The van der Waals surface area contributed by atoms with E-state index in [-0.39, 0.29) is 0 Å². The third kappa shape index (κ3) is 4.10. The Kier molecular flexibility index (Phi) is 5.05. The van der Waals surface area contributed by atoms with Gasteiger partial charge in [-0.1, -0.05) is 12.2 Å². The molecule has 0 saturated carbocycles. The van der Waals surface area contributed by atoms with E-state index in [0.717, 1.165) is 11.4 Å². The zero-order chi connectivity index (χ0) is 11.4. The molecule has 0 aliphatic heterocycles. The van der Waals surface area contributed by atoms with E-state index in [9.17, 15) is 0 Å². The first-order valence-electron chi connectivity index (χ1n) is 4.39. The second-order valence-corrected chi connectivity index (χ2v) is 5.77. The maximum Gasteiger partial charge on any atom is 0.187 e. The Morgan fingerprint density at radius 2 is 1.87 bits per heavy atom. The van der Waals surface area contributed by atoms with Crippen LogP contribution in [0.25, 0.3) is 0 Å². The van der Waals surface area contributed by atoms with E-state index >= 15 is 0 Å². The van der Waals surface area contributed by atoms with Crippen LogP contribution in [-0.4, -0.2) is 8.39 Å². The first-order chi connectivity index (χ1) is 7.00. The fourth-order valence-corrected chi connectivity index (χ4v) is 1.94. The summed E-state index contributed by atoms with van der Waals surface area (Å²) in [4.78, 5) is 0. The molecular formula is C10H11NS4. The highest BCUT2D eigenvalue weighted by atomic mass is 32.1. The molecule has 80 valence electrons. The molecule has 1 aromatic heterocycles. The van der Waals surface area contributed by atoms with Crippen molar-refractivity contribution in [3.05, 3.63) is 29.6 Å². The van der Waals surface area contributed by atoms with Crippen molar-refractivity contribution in [2.75, 3.05) is 0 Å². The lowest BCUT2D eigenvalue weighted by Crippen LogP contribution is -2.39. The maximum atomic E-state index is 4.97. The minimum Gasteiger partial charge on any atom is -0.432 e. The number of thiol groups is 1. The highest BCUT2D eigenvalue weighted by molar-refractivity contribution is 8.11. The maximum absolute atomic E-state index is 4.97. The van der Waals surface area contributed by atoms with E-state index in [4.69, 9.17) is 37.1 Å². The fourth-order valence-electron chi connectivity index (χ4n) is 1.34. The minimum atomic E-state index is 0.580. The van der Waals surface area contributed by atoms with Crippen molar-refractivity contribution < 1.29 is 4.57 Å². The highest BCUT2D eigenvalue weighted by Crippen LogP contribution is 2.02. The number of hydrogen-bond donors (Lipinski definition) is 1. The zero-order valence-corrected chi connectivity index (χ0v) is 11.6. The number of aromatic nitrogens is 1. The number of hydrogen-bond acceptors (Lipinski definition) is 3. The van der Waals surface area contributed by atoms with Gasteiger partial charge in [0.1, 0.15) is 7.05 Å². The third-order valence-electron chi connectivity index (χ3n) is 2.10. The summed E-state index contributed by atoms with van der Waals surface area (Å²) in [6, 6.07) is 6.03. The van der Waals surface area contributed by atoms with Crippen LogP contribution >= 0.6 is 37.1 Å². The lowest BCUT2D eigenvalue weighted by Gasteiger charge is -2.06. The Hall–Kier alpha value is -0.100. The van der Waals surface area contributed by atoms with Crippen LogP contribution in [0, 0.1) is 0 Å². The van der Waals surface area contributed by atoms with Gasteiger partial charge >= 0.3 is 0 Å². The molecule has 0 aromatic carbocycles. The molecule has 0 N–H and O–H groups in total. The Balaban J connectivity index is 2.99. The molecule has 0 radical (unpaired) electrons. The molecule has 1 rings (SSSR count). The first-order valence-corrected chi connectivity index (χ1v) is 6.06. The molecule has 0 fully saturated rings. The molecule has 0 spiro atoms. The molecule has 0 atom stereocenters. The van der Waals surface area contributed by atoms with Crippen LogP contribution in [-0.2, 0) is 32.5 Å². The number of nitrogens with zero attached hydrogens (tertiary/aromatic N) is 1. The molecule has 0 aliphatic rings. The van der Waals surface area contributed by atoms with Crippen LogP contribution in [0.15, 0.2) is 18.2 Å². The van der Waals surface area contributed by atoms with Crippen molar-refractivity contribution in [3.8, 4) is 0 Å². The van der Waals surface area contributed by atoms with E-state index in [1.807, 2.05) is 25.2 Å². The summed E-state index contributed by atoms with van der Waals surface area (Å²) in [6.07, 6.45) is 1.33. The summed E-state index contributed by atoms with van der Waals surface area (Å²) in [5.74, 6) is 0. The van der Waals surface area contributed by atoms with Gasteiger partial charge in [-0.05, 0) is 6.07 Å². The summed E-state index contributed by atoms with van der Waals surface area (Å²) in [5, 5.41) is 0. The van der Waals surface area contributed by atoms with Gasteiger partial charge in [-0.25, -0.2) is 4.57 Å². The SMILES string of the molecule is C[n+]1c(CC(=S)[S-])cccc1CC(=S)S. The molecule has 1 nitrogen and oxygen atoms in total. The molecule has 0 aliphatic carbocycles. The van der Waals surface area contributed by atoms with Gasteiger partial charge in [-0.2, -0.15) is 0 Å². The third-order valence-corrected chi connectivity index (χ3v) is 2.69. The van der Waals surface area contributed by atoms with Gasteiger partial charge in [0.05, 0.1) is 10.6 Å². The predicted molar refractivity (Wildman–Crippen MR) is 76.6 cm³/mol. The molecule has 15 heavy (non-hydrogen) atoms. The smallest absolute Gasteiger partial charge is 0.187 e. The van der Waals surface area contributed by atoms with Crippen molar-refractivity contribution in [2.45, 2.75) is 12.8 Å². The molecule has 1 aromatic rings. The molecule has 5 heteroatoms. The molecule has 1 heterocycles. The number of pyridine rings is 1. The van der Waals surface area contributed by atoms with E-state index in [0.29, 0.717) is 21.2 Å². The van der Waals surface area contributed by atoms with Gasteiger partial charge in [0.15, 0.2) is 11.4 Å². The van der Waals surface area contributed by atoms with E-state index in [2.05, 4.69) is 17.2 Å². The first kappa shape index (κ1) is 13.0. The predicted octanol–water partition coefficient (Wildman–Crippen LogP) is 1.73. The normalized spacial score (nSPS) is 10.0. The minimum absolute atomic E-state index is 0.580. The van der Waals surface area contributed by atoms with Crippen molar-refractivity contribution in [1.29, 1.82) is 0 Å². The topological polar surface area (TPSA) is 3.88 Å². The molecule has 0 saturated heterocycles. The van der Waals surface area contributed by atoms with Crippen LogP contribution in [0.2, 0.25) is 0 Å². The Labute approximate surface area is 112 Å². The summed E-state index contributed by atoms with van der Waals surface area (Å²) >= 11 is 19.0. The van der Waals surface area contributed by atoms with Gasteiger partial charge < -0.3 is 24.8 Å². The summed E-state index contributed by atoms with van der Waals surface area (Å²) in [7, 11) is 1.99. The second kappa shape index (κ2) is 5.84. The molecule has 0 bridgehead atoms. The van der Waals surface area contributed by atoms with Crippen LogP contribution in [0.5, 0.6) is 0 Å². The van der Waals surface area contributed by atoms with E-state index in [1.54, 1.807) is 0 Å².